The number of fused-ring (bicyclic) bond motifs is 7. The molecule has 0 radical (unpaired) electrons. The molecule has 228 valence electrons. The zero-order valence-corrected chi connectivity index (χ0v) is 25.2. The molecule has 45 heavy (non-hydrogen) atoms. The van der Waals surface area contributed by atoms with Gasteiger partial charge in [0.05, 0.1) is 30.0 Å². The summed E-state index contributed by atoms with van der Waals surface area (Å²) in [5.74, 6) is -2.18. The van der Waals surface area contributed by atoms with Gasteiger partial charge in [0.1, 0.15) is 11.8 Å². The number of amides is 2. The number of nitrogens with zero attached hydrogens (tertiary/aromatic N) is 1. The van der Waals surface area contributed by atoms with Gasteiger partial charge in [-0.25, -0.2) is 0 Å². The molecule has 2 aliphatic heterocycles. The van der Waals surface area contributed by atoms with E-state index in [0.717, 1.165) is 24.8 Å². The van der Waals surface area contributed by atoms with Gasteiger partial charge in [-0.2, -0.15) is 0 Å². The molecule has 2 bridgehead atoms. The van der Waals surface area contributed by atoms with Crippen LogP contribution in [0.25, 0.3) is 0 Å². The Morgan fingerprint density at radius 2 is 1.40 bits per heavy atom. The first-order chi connectivity index (χ1) is 21.9. The molecule has 11 atom stereocenters. The molecule has 6 aliphatic rings. The Kier molecular flexibility index (Phi) is 5.72. The van der Waals surface area contributed by atoms with E-state index in [-0.39, 0.29) is 46.7 Å². The average Bonchev–Trinajstić information content (AvgIpc) is 3.74. The summed E-state index contributed by atoms with van der Waals surface area (Å²) in [4.78, 5) is 58.8. The lowest BCUT2D eigenvalue weighted by atomic mass is 9.43. The Balaban J connectivity index is 1.29. The number of ketones is 1. The van der Waals surface area contributed by atoms with Crippen LogP contribution in [0.5, 0.6) is 0 Å². The van der Waals surface area contributed by atoms with E-state index in [2.05, 4.69) is 41.7 Å². The number of benzene rings is 3. The predicted molar refractivity (Wildman–Crippen MR) is 166 cm³/mol. The van der Waals surface area contributed by atoms with Crippen molar-refractivity contribution in [1.82, 2.24) is 5.32 Å². The third-order valence-electron chi connectivity index (χ3n) is 13.0. The van der Waals surface area contributed by atoms with Crippen molar-refractivity contribution >= 4 is 29.3 Å². The normalized spacial score (nSPS) is 40.7. The van der Waals surface area contributed by atoms with E-state index < -0.39 is 41.2 Å². The van der Waals surface area contributed by atoms with E-state index in [4.69, 9.17) is 4.74 Å². The monoisotopic (exact) mass is 600 g/mol. The summed E-state index contributed by atoms with van der Waals surface area (Å²) >= 11 is 0. The van der Waals surface area contributed by atoms with Crippen molar-refractivity contribution in [2.24, 2.45) is 46.3 Å². The molecule has 11 unspecified atom stereocenters. The maximum absolute atomic E-state index is 14.9. The van der Waals surface area contributed by atoms with Crippen LogP contribution in [0.1, 0.15) is 48.8 Å². The van der Waals surface area contributed by atoms with Crippen LogP contribution < -0.4 is 10.2 Å². The van der Waals surface area contributed by atoms with Gasteiger partial charge < -0.3 is 4.74 Å². The first kappa shape index (κ1) is 27.2. The van der Waals surface area contributed by atoms with Gasteiger partial charge in [-0.1, -0.05) is 78.9 Å². The highest BCUT2D eigenvalue weighted by molar-refractivity contribution is 6.23. The molecule has 0 aromatic heterocycles. The largest absolute Gasteiger partial charge is 0.468 e. The van der Waals surface area contributed by atoms with Gasteiger partial charge in [0.25, 0.3) is 0 Å². The summed E-state index contributed by atoms with van der Waals surface area (Å²) in [5, 5.41) is 3.68. The highest BCUT2D eigenvalue weighted by Crippen LogP contribution is 2.81. The van der Waals surface area contributed by atoms with Crippen molar-refractivity contribution in [3.8, 4) is 0 Å². The van der Waals surface area contributed by atoms with Gasteiger partial charge in [0.15, 0.2) is 0 Å². The smallest absolute Gasteiger partial charge is 0.323 e. The summed E-state index contributed by atoms with van der Waals surface area (Å²) < 4.78 is 5.44. The minimum atomic E-state index is -0.900. The predicted octanol–water partition coefficient (Wildman–Crippen LogP) is 5.08. The Morgan fingerprint density at radius 3 is 2.04 bits per heavy atom. The van der Waals surface area contributed by atoms with Crippen LogP contribution in [0.15, 0.2) is 91.0 Å². The molecule has 4 aliphatic carbocycles. The van der Waals surface area contributed by atoms with Gasteiger partial charge in [0, 0.05) is 18.4 Å². The molecular weight excluding hydrogens is 564 g/mol. The van der Waals surface area contributed by atoms with E-state index in [1.807, 2.05) is 54.6 Å². The molecule has 7 heteroatoms. The quantitative estimate of drug-likeness (QED) is 0.332. The minimum Gasteiger partial charge on any atom is -0.468 e. The molecule has 2 heterocycles. The van der Waals surface area contributed by atoms with Gasteiger partial charge in [0.2, 0.25) is 11.8 Å². The molecule has 2 saturated heterocycles. The zero-order chi connectivity index (χ0) is 30.7. The highest BCUT2D eigenvalue weighted by atomic mass is 16.5. The Hall–Kier alpha value is -4.10. The number of nitrogens with one attached hydrogen (secondary N) is 1. The topological polar surface area (TPSA) is 92.8 Å². The van der Waals surface area contributed by atoms with Crippen molar-refractivity contribution in [3.05, 3.63) is 102 Å². The molecule has 3 aromatic carbocycles. The second-order valence-electron chi connectivity index (χ2n) is 14.3. The second-order valence-corrected chi connectivity index (χ2v) is 14.3. The second kappa shape index (κ2) is 9.46. The third kappa shape index (κ3) is 3.24. The molecule has 9 rings (SSSR count). The fourth-order valence-electron chi connectivity index (χ4n) is 11.8. The van der Waals surface area contributed by atoms with Gasteiger partial charge in [-0.15, -0.1) is 0 Å². The number of esters is 1. The number of hydrogen-bond acceptors (Lipinski definition) is 6. The SMILES string of the molecule is COC(=O)C1NC(c2ccccc2)C23C(=O)CCC24CC(c2ccccc2)C(C4)C2C4C(=O)N(c5ccccc5)C(=O)C4C2C13. The van der Waals surface area contributed by atoms with Crippen molar-refractivity contribution in [2.75, 3.05) is 12.0 Å². The van der Waals surface area contributed by atoms with E-state index in [1.54, 1.807) is 0 Å². The lowest BCUT2D eigenvalue weighted by Crippen LogP contribution is -2.61. The van der Waals surface area contributed by atoms with Crippen LogP contribution in [0.2, 0.25) is 0 Å². The van der Waals surface area contributed by atoms with E-state index in [9.17, 15) is 19.2 Å². The van der Waals surface area contributed by atoms with Crippen LogP contribution in [0.3, 0.4) is 0 Å². The zero-order valence-electron chi connectivity index (χ0n) is 25.2. The van der Waals surface area contributed by atoms with Crippen molar-refractivity contribution in [2.45, 2.75) is 43.7 Å². The number of rotatable bonds is 4. The Morgan fingerprint density at radius 1 is 0.800 bits per heavy atom. The Bertz CT molecular complexity index is 1730. The maximum Gasteiger partial charge on any atom is 0.323 e. The number of carbonyl (C=O) groups is 4. The van der Waals surface area contributed by atoms with E-state index >= 15 is 0 Å². The van der Waals surface area contributed by atoms with Crippen LogP contribution in [0.4, 0.5) is 5.69 Å². The molecular formula is C38H36N2O5. The Labute approximate surface area is 262 Å². The summed E-state index contributed by atoms with van der Waals surface area (Å²) in [6, 6.07) is 28.6. The number of para-hydroxylation sites is 1. The highest BCUT2D eigenvalue weighted by Gasteiger charge is 2.83. The standard InChI is InChI=1S/C38H36N2O5/c1-45-36(44)32-31-28-27(29-30(28)35(43)40(34(29)42)23-15-9-4-10-16-23)25-20-37(19-24(25)21-11-5-2-6-12-21)18-17-26(41)38(31,37)33(39-32)22-13-7-3-8-14-22/h2-16,24-25,27-33,39H,17-20H2,1H3. The molecule has 2 amide bonds. The van der Waals surface area contributed by atoms with Crippen molar-refractivity contribution < 1.29 is 23.9 Å². The van der Waals surface area contributed by atoms with Crippen LogP contribution >= 0.6 is 0 Å². The van der Waals surface area contributed by atoms with E-state index in [0.29, 0.717) is 12.1 Å². The summed E-state index contributed by atoms with van der Waals surface area (Å²) in [6.45, 7) is 0. The number of anilines is 1. The fourth-order valence-corrected chi connectivity index (χ4v) is 11.8. The maximum atomic E-state index is 14.9. The molecule has 2 spiro atoms. The third-order valence-corrected chi connectivity index (χ3v) is 13.0. The minimum absolute atomic E-state index is 0.117. The van der Waals surface area contributed by atoms with Crippen LogP contribution in [-0.4, -0.2) is 36.7 Å². The van der Waals surface area contributed by atoms with Crippen molar-refractivity contribution in [1.29, 1.82) is 0 Å². The number of methoxy groups -OCH3 is 1. The lowest BCUT2D eigenvalue weighted by molar-refractivity contribution is -0.164. The molecule has 4 saturated carbocycles. The van der Waals surface area contributed by atoms with Crippen LogP contribution in [0, 0.1) is 46.3 Å². The number of imide groups is 1. The summed E-state index contributed by atoms with van der Waals surface area (Å²) in [6.07, 6.45) is 2.85. The number of carbonyl (C=O) groups excluding carboxylic acids is 4. The summed E-state index contributed by atoms with van der Waals surface area (Å²) in [5.41, 5.74) is 1.53. The first-order valence-corrected chi connectivity index (χ1v) is 16.3. The fraction of sp³-hybridized carbons (Fsp3) is 0.421. The summed E-state index contributed by atoms with van der Waals surface area (Å²) in [7, 11) is 1.40. The lowest BCUT2D eigenvalue weighted by Gasteiger charge is -2.57. The van der Waals surface area contributed by atoms with Gasteiger partial charge in [-0.3, -0.25) is 29.4 Å². The molecule has 7 nitrogen and oxygen atoms in total. The van der Waals surface area contributed by atoms with E-state index in [1.165, 1.54) is 17.6 Å². The van der Waals surface area contributed by atoms with Gasteiger partial charge in [-0.05, 0) is 71.6 Å². The van der Waals surface area contributed by atoms with Crippen molar-refractivity contribution in [3.63, 3.8) is 0 Å². The molecule has 3 aromatic rings. The molecule has 6 fully saturated rings. The molecule has 1 N–H and O–H groups in total. The number of Topliss-reactive ketones (excluding diaryl/α,β-unsaturated/α-hetero) is 1. The van der Waals surface area contributed by atoms with Gasteiger partial charge >= 0.3 is 5.97 Å². The number of hydrogen-bond donors (Lipinski definition) is 1. The first-order valence-electron chi connectivity index (χ1n) is 16.3. The average molecular weight is 601 g/mol. The van der Waals surface area contributed by atoms with Crippen LogP contribution in [-0.2, 0) is 23.9 Å². The number of ether oxygens (including phenoxy) is 1.